The number of halogens is 1. The first-order chi connectivity index (χ1) is 8.92. The average molecular weight is 330 g/mol. The lowest BCUT2D eigenvalue weighted by atomic mass is 10.1. The zero-order valence-corrected chi connectivity index (χ0v) is 13.1. The van der Waals surface area contributed by atoms with Crippen molar-refractivity contribution in [3.05, 3.63) is 28.2 Å². The molecule has 0 aliphatic heterocycles. The molecular weight excluding hydrogens is 310 g/mol. The van der Waals surface area contributed by atoms with E-state index in [1.54, 1.807) is 7.11 Å². The number of carboxylic acids is 1. The zero-order valence-electron chi connectivity index (χ0n) is 11.5. The van der Waals surface area contributed by atoms with Crippen molar-refractivity contribution in [3.63, 3.8) is 0 Å². The highest BCUT2D eigenvalue weighted by Crippen LogP contribution is 2.24. The summed E-state index contributed by atoms with van der Waals surface area (Å²) in [6, 6.07) is 5.72. The molecule has 0 unspecified atom stereocenters. The van der Waals surface area contributed by atoms with E-state index >= 15 is 0 Å². The van der Waals surface area contributed by atoms with Crippen molar-refractivity contribution < 1.29 is 14.6 Å². The van der Waals surface area contributed by atoms with Crippen LogP contribution in [-0.2, 0) is 11.3 Å². The highest BCUT2D eigenvalue weighted by molar-refractivity contribution is 9.10. The third kappa shape index (κ3) is 5.61. The molecule has 0 saturated carbocycles. The van der Waals surface area contributed by atoms with Gasteiger partial charge in [-0.05, 0) is 29.7 Å². The Balaban J connectivity index is 2.85. The van der Waals surface area contributed by atoms with Gasteiger partial charge in [0.15, 0.2) is 0 Å². The number of ether oxygens (including phenoxy) is 1. The third-order valence-corrected chi connectivity index (χ3v) is 3.40. The Morgan fingerprint density at radius 1 is 1.47 bits per heavy atom. The molecule has 0 bridgehead atoms. The molecular formula is C14H20BrNO3. The standard InChI is InChI=1S/C14H20BrNO3/c1-10(2)7-16(9-14(17)18)8-11-6-12(19-3)4-5-13(11)15/h4-6,10H,7-9H2,1-3H3,(H,17,18). The lowest BCUT2D eigenvalue weighted by Crippen LogP contribution is -2.32. The van der Waals surface area contributed by atoms with Gasteiger partial charge in [0.05, 0.1) is 13.7 Å². The molecule has 1 N–H and O–H groups in total. The molecule has 1 aromatic carbocycles. The number of carbonyl (C=O) groups is 1. The number of hydrogen-bond donors (Lipinski definition) is 1. The number of benzene rings is 1. The SMILES string of the molecule is COc1ccc(Br)c(CN(CC(=O)O)CC(C)C)c1. The Labute approximate surface area is 122 Å². The van der Waals surface area contributed by atoms with Gasteiger partial charge in [0.25, 0.3) is 0 Å². The number of hydrogen-bond acceptors (Lipinski definition) is 3. The highest BCUT2D eigenvalue weighted by atomic mass is 79.9. The molecule has 1 aromatic rings. The molecule has 0 aromatic heterocycles. The smallest absolute Gasteiger partial charge is 0.317 e. The van der Waals surface area contributed by atoms with Crippen molar-refractivity contribution in [3.8, 4) is 5.75 Å². The van der Waals surface area contributed by atoms with Crippen molar-refractivity contribution in [2.75, 3.05) is 20.2 Å². The minimum Gasteiger partial charge on any atom is -0.497 e. The van der Waals surface area contributed by atoms with Crippen molar-refractivity contribution in [2.24, 2.45) is 5.92 Å². The molecule has 0 heterocycles. The molecule has 0 aliphatic carbocycles. The third-order valence-electron chi connectivity index (χ3n) is 2.63. The summed E-state index contributed by atoms with van der Waals surface area (Å²) in [6.07, 6.45) is 0. The van der Waals surface area contributed by atoms with Crippen LogP contribution < -0.4 is 4.74 Å². The first kappa shape index (κ1) is 16.0. The van der Waals surface area contributed by atoms with Crippen LogP contribution in [-0.4, -0.2) is 36.2 Å². The fourth-order valence-corrected chi connectivity index (χ4v) is 2.30. The summed E-state index contributed by atoms with van der Waals surface area (Å²) in [5.74, 6) is 0.390. The van der Waals surface area contributed by atoms with Gasteiger partial charge >= 0.3 is 5.97 Å². The van der Waals surface area contributed by atoms with Gasteiger partial charge in [0.2, 0.25) is 0 Å². The lowest BCUT2D eigenvalue weighted by Gasteiger charge is -2.23. The Morgan fingerprint density at radius 3 is 2.68 bits per heavy atom. The number of rotatable bonds is 7. The van der Waals surface area contributed by atoms with Gasteiger partial charge in [-0.1, -0.05) is 29.8 Å². The minimum absolute atomic E-state index is 0.0435. The molecule has 0 aliphatic rings. The molecule has 0 saturated heterocycles. The van der Waals surface area contributed by atoms with E-state index < -0.39 is 5.97 Å². The molecule has 1 rings (SSSR count). The van der Waals surface area contributed by atoms with Crippen molar-refractivity contribution >= 4 is 21.9 Å². The number of aliphatic carboxylic acids is 1. The number of nitrogens with zero attached hydrogens (tertiary/aromatic N) is 1. The maximum atomic E-state index is 10.9. The summed E-state index contributed by atoms with van der Waals surface area (Å²) < 4.78 is 6.16. The van der Waals surface area contributed by atoms with E-state index in [1.165, 1.54) is 0 Å². The molecule has 0 amide bonds. The second kappa shape index (κ2) is 7.50. The second-order valence-corrected chi connectivity index (χ2v) is 5.77. The highest BCUT2D eigenvalue weighted by Gasteiger charge is 2.14. The summed E-state index contributed by atoms with van der Waals surface area (Å²) in [5, 5.41) is 8.97. The molecule has 0 atom stereocenters. The van der Waals surface area contributed by atoms with Crippen LogP contribution in [0.1, 0.15) is 19.4 Å². The van der Waals surface area contributed by atoms with Crippen LogP contribution >= 0.6 is 15.9 Å². The van der Waals surface area contributed by atoms with Crippen LogP contribution in [0.3, 0.4) is 0 Å². The van der Waals surface area contributed by atoms with Crippen molar-refractivity contribution in [1.29, 1.82) is 0 Å². The van der Waals surface area contributed by atoms with Crippen LogP contribution in [0.5, 0.6) is 5.75 Å². The monoisotopic (exact) mass is 329 g/mol. The maximum Gasteiger partial charge on any atom is 0.317 e. The Hall–Kier alpha value is -1.07. The van der Waals surface area contributed by atoms with Crippen LogP contribution in [0, 0.1) is 5.92 Å². The molecule has 5 heteroatoms. The lowest BCUT2D eigenvalue weighted by molar-refractivity contribution is -0.138. The minimum atomic E-state index is -0.806. The van der Waals surface area contributed by atoms with E-state index in [1.807, 2.05) is 23.1 Å². The van der Waals surface area contributed by atoms with Crippen LogP contribution in [0.2, 0.25) is 0 Å². The van der Waals surface area contributed by atoms with E-state index in [-0.39, 0.29) is 6.54 Å². The van der Waals surface area contributed by atoms with Gasteiger partial charge in [0.1, 0.15) is 5.75 Å². The van der Waals surface area contributed by atoms with Crippen LogP contribution in [0.25, 0.3) is 0 Å². The normalized spacial score (nSPS) is 11.1. The van der Waals surface area contributed by atoms with E-state index in [4.69, 9.17) is 9.84 Å². The Morgan fingerprint density at radius 2 is 2.16 bits per heavy atom. The summed E-state index contributed by atoms with van der Waals surface area (Å²) in [6.45, 7) is 5.53. The van der Waals surface area contributed by atoms with E-state index in [2.05, 4.69) is 29.8 Å². The maximum absolute atomic E-state index is 10.9. The summed E-state index contributed by atoms with van der Waals surface area (Å²) in [7, 11) is 1.62. The number of carboxylic acid groups (broad SMARTS) is 1. The summed E-state index contributed by atoms with van der Waals surface area (Å²) in [5.41, 5.74) is 1.03. The first-order valence-electron chi connectivity index (χ1n) is 6.19. The van der Waals surface area contributed by atoms with Gasteiger partial charge < -0.3 is 9.84 Å². The molecule has 0 radical (unpaired) electrons. The van der Waals surface area contributed by atoms with E-state index in [9.17, 15) is 4.79 Å². The van der Waals surface area contributed by atoms with Crippen LogP contribution in [0.15, 0.2) is 22.7 Å². The van der Waals surface area contributed by atoms with E-state index in [0.29, 0.717) is 12.5 Å². The predicted molar refractivity (Wildman–Crippen MR) is 78.4 cm³/mol. The summed E-state index contributed by atoms with van der Waals surface area (Å²) >= 11 is 3.49. The average Bonchev–Trinajstić information content (AvgIpc) is 2.30. The Kier molecular flexibility index (Phi) is 6.31. The zero-order chi connectivity index (χ0) is 14.4. The molecule has 4 nitrogen and oxygen atoms in total. The van der Waals surface area contributed by atoms with Gasteiger partial charge in [-0.15, -0.1) is 0 Å². The first-order valence-corrected chi connectivity index (χ1v) is 6.98. The number of methoxy groups -OCH3 is 1. The molecule has 0 spiro atoms. The second-order valence-electron chi connectivity index (χ2n) is 4.91. The van der Waals surface area contributed by atoms with Gasteiger partial charge in [-0.2, -0.15) is 0 Å². The fourth-order valence-electron chi connectivity index (χ4n) is 1.93. The van der Waals surface area contributed by atoms with Crippen molar-refractivity contribution in [1.82, 2.24) is 4.90 Å². The predicted octanol–water partition coefficient (Wildman–Crippen LogP) is 3.00. The topological polar surface area (TPSA) is 49.8 Å². The molecule has 19 heavy (non-hydrogen) atoms. The van der Waals surface area contributed by atoms with Crippen LogP contribution in [0.4, 0.5) is 0 Å². The molecule has 106 valence electrons. The fraction of sp³-hybridized carbons (Fsp3) is 0.500. The quantitative estimate of drug-likeness (QED) is 0.835. The largest absolute Gasteiger partial charge is 0.497 e. The van der Waals surface area contributed by atoms with E-state index in [0.717, 1.165) is 22.3 Å². The van der Waals surface area contributed by atoms with Gasteiger partial charge in [0, 0.05) is 17.6 Å². The summed E-state index contributed by atoms with van der Waals surface area (Å²) in [4.78, 5) is 12.8. The van der Waals surface area contributed by atoms with Gasteiger partial charge in [-0.3, -0.25) is 9.69 Å². The van der Waals surface area contributed by atoms with Gasteiger partial charge in [-0.25, -0.2) is 0 Å². The van der Waals surface area contributed by atoms with Crippen molar-refractivity contribution in [2.45, 2.75) is 20.4 Å². The Bertz CT molecular complexity index is 435. The molecule has 0 fully saturated rings.